The zero-order chi connectivity index (χ0) is 28.4. The van der Waals surface area contributed by atoms with Crippen LogP contribution in [0, 0.1) is 22.0 Å². The van der Waals surface area contributed by atoms with Crippen LogP contribution in [-0.2, 0) is 30.7 Å². The Labute approximate surface area is 237 Å². The van der Waals surface area contributed by atoms with Gasteiger partial charge in [0.25, 0.3) is 11.2 Å². The predicted octanol–water partition coefficient (Wildman–Crippen LogP) is 3.52. The molecule has 1 aromatic heterocycles. The molecule has 10 nitrogen and oxygen atoms in total. The molecule has 0 radical (unpaired) electrons. The van der Waals surface area contributed by atoms with Crippen molar-refractivity contribution in [2.45, 2.75) is 44.3 Å². The molecule has 4 aliphatic heterocycles. The van der Waals surface area contributed by atoms with Gasteiger partial charge in [0.05, 0.1) is 25.1 Å². The fourth-order valence-electron chi connectivity index (χ4n) is 7.74. The highest BCUT2D eigenvalue weighted by atomic mass is 16.6. The molecule has 4 atom stereocenters. The number of nitro benzene ring substituents is 1. The Morgan fingerprint density at radius 3 is 2.54 bits per heavy atom. The van der Waals surface area contributed by atoms with Gasteiger partial charge in [-0.2, -0.15) is 0 Å². The second-order valence-corrected chi connectivity index (χ2v) is 11.6. The van der Waals surface area contributed by atoms with Gasteiger partial charge in [0.1, 0.15) is 0 Å². The van der Waals surface area contributed by atoms with Gasteiger partial charge in [0.2, 0.25) is 5.91 Å². The Bertz CT molecular complexity index is 1630. The number of rotatable bonds is 4. The summed E-state index contributed by atoms with van der Waals surface area (Å²) in [7, 11) is 3.22. The molecule has 0 aliphatic carbocycles. The van der Waals surface area contributed by atoms with Gasteiger partial charge in [-0.1, -0.05) is 6.07 Å². The lowest BCUT2D eigenvalue weighted by Gasteiger charge is -2.54. The van der Waals surface area contributed by atoms with Crippen molar-refractivity contribution in [3.8, 4) is 11.5 Å². The van der Waals surface area contributed by atoms with E-state index in [2.05, 4.69) is 4.90 Å². The minimum Gasteiger partial charge on any atom is -0.493 e. The maximum atomic E-state index is 14.4. The predicted molar refractivity (Wildman–Crippen MR) is 152 cm³/mol. The molecule has 0 unspecified atom stereocenters. The molecule has 4 aliphatic rings. The molecule has 212 valence electrons. The maximum Gasteiger partial charge on any atom is 0.269 e. The lowest BCUT2D eigenvalue weighted by Crippen LogP contribution is -2.61. The Morgan fingerprint density at radius 1 is 1.00 bits per heavy atom. The minimum atomic E-state index is -0.377. The number of hydrogen-bond donors (Lipinski definition) is 0. The van der Waals surface area contributed by atoms with Crippen LogP contribution in [0.15, 0.2) is 53.3 Å². The van der Waals surface area contributed by atoms with Crippen LogP contribution in [0.2, 0.25) is 0 Å². The lowest BCUT2D eigenvalue weighted by atomic mass is 9.69. The van der Waals surface area contributed by atoms with Gasteiger partial charge < -0.3 is 23.8 Å². The number of ether oxygens (including phenoxy) is 2. The van der Waals surface area contributed by atoms with Crippen LogP contribution in [0.1, 0.15) is 34.7 Å². The number of pyridine rings is 1. The number of carbonyl (C=O) groups is 1. The van der Waals surface area contributed by atoms with Gasteiger partial charge in [0, 0.05) is 67.7 Å². The Kier molecular flexibility index (Phi) is 6.02. The third kappa shape index (κ3) is 4.07. The van der Waals surface area contributed by atoms with E-state index in [1.165, 1.54) is 0 Å². The summed E-state index contributed by atoms with van der Waals surface area (Å²) in [5, 5.41) is 11.6. The zero-order valence-electron chi connectivity index (χ0n) is 23.1. The molecule has 0 spiro atoms. The van der Waals surface area contributed by atoms with E-state index in [4.69, 9.17) is 9.47 Å². The molecule has 1 amide bonds. The van der Waals surface area contributed by atoms with Crippen molar-refractivity contribution >= 4 is 17.3 Å². The van der Waals surface area contributed by atoms with E-state index in [-0.39, 0.29) is 45.9 Å². The smallest absolute Gasteiger partial charge is 0.269 e. The Hall–Kier alpha value is -4.34. The summed E-state index contributed by atoms with van der Waals surface area (Å²) in [4.78, 5) is 42.8. The first-order valence-electron chi connectivity index (χ1n) is 14.1. The van der Waals surface area contributed by atoms with Crippen LogP contribution in [0.25, 0.3) is 0 Å². The number of nitrogens with zero attached hydrogens (tertiary/aromatic N) is 4. The molecule has 2 aromatic carbocycles. The van der Waals surface area contributed by atoms with E-state index in [1.54, 1.807) is 32.4 Å². The number of anilines is 1. The number of nitro groups is 1. The summed E-state index contributed by atoms with van der Waals surface area (Å²) in [5.74, 6) is 1.26. The van der Waals surface area contributed by atoms with Crippen molar-refractivity contribution < 1.29 is 19.2 Å². The Morgan fingerprint density at radius 2 is 1.78 bits per heavy atom. The highest BCUT2D eigenvalue weighted by molar-refractivity contribution is 5.83. The highest BCUT2D eigenvalue weighted by Crippen LogP contribution is 2.48. The number of benzene rings is 2. The van der Waals surface area contributed by atoms with E-state index in [0.717, 1.165) is 34.5 Å². The van der Waals surface area contributed by atoms with Crippen molar-refractivity contribution in [1.82, 2.24) is 9.47 Å². The van der Waals surface area contributed by atoms with Gasteiger partial charge in [-0.15, -0.1) is 0 Å². The number of carbonyl (C=O) groups excluding carboxylic acids is 1. The number of hydrogen-bond acceptors (Lipinski definition) is 7. The average molecular weight is 557 g/mol. The topological polar surface area (TPSA) is 107 Å². The number of methoxy groups -OCH3 is 2. The second kappa shape index (κ2) is 9.64. The molecule has 0 N–H and O–H groups in total. The van der Waals surface area contributed by atoms with Crippen LogP contribution < -0.4 is 19.9 Å². The third-order valence-corrected chi connectivity index (χ3v) is 9.55. The number of aromatic nitrogens is 1. The largest absolute Gasteiger partial charge is 0.493 e. The Balaban J connectivity index is 1.27. The first-order valence-corrected chi connectivity index (χ1v) is 14.1. The average Bonchev–Trinajstić information content (AvgIpc) is 2.99. The van der Waals surface area contributed by atoms with Crippen molar-refractivity contribution in [3.05, 3.63) is 91.4 Å². The quantitative estimate of drug-likeness (QED) is 0.358. The van der Waals surface area contributed by atoms with Gasteiger partial charge in [0.15, 0.2) is 11.5 Å². The summed E-state index contributed by atoms with van der Waals surface area (Å²) in [5.41, 5.74) is 5.04. The first kappa shape index (κ1) is 25.6. The van der Waals surface area contributed by atoms with Crippen molar-refractivity contribution in [2.24, 2.45) is 11.8 Å². The first-order chi connectivity index (χ1) is 19.9. The standard InChI is InChI=1S/C31H32N4O6/c1-40-27-13-18-8-9-32(15-20(18)14-28(27)41-2)31(37)24-12-19-11-23(35(38)39)6-7-26(19)34-16-21-10-22(30(24)34)17-33-25(21)4-3-5-29(33)36/h3-7,11,13-14,21-22,24,30H,8-10,12,15-17H2,1-2H3/t21-,22-,24+,30-/m0/s1. The zero-order valence-corrected chi connectivity index (χ0v) is 23.1. The van der Waals surface area contributed by atoms with Crippen molar-refractivity contribution in [2.75, 3.05) is 32.2 Å². The summed E-state index contributed by atoms with van der Waals surface area (Å²) in [6, 6.07) is 14.3. The fourth-order valence-corrected chi connectivity index (χ4v) is 7.74. The summed E-state index contributed by atoms with van der Waals surface area (Å²) in [6.45, 7) is 2.29. The van der Waals surface area contributed by atoms with E-state index in [9.17, 15) is 19.7 Å². The van der Waals surface area contributed by atoms with Crippen LogP contribution in [0.5, 0.6) is 11.5 Å². The number of amides is 1. The summed E-state index contributed by atoms with van der Waals surface area (Å²) >= 11 is 0. The van der Waals surface area contributed by atoms with Crippen molar-refractivity contribution in [1.29, 1.82) is 0 Å². The van der Waals surface area contributed by atoms with Crippen LogP contribution in [0.3, 0.4) is 0 Å². The molecule has 1 fully saturated rings. The summed E-state index contributed by atoms with van der Waals surface area (Å²) < 4.78 is 12.9. The normalized spacial score (nSPS) is 24.0. The minimum absolute atomic E-state index is 0.00243. The van der Waals surface area contributed by atoms with E-state index >= 15 is 0 Å². The molecular formula is C31H32N4O6. The molecule has 10 heteroatoms. The SMILES string of the molecule is COc1cc2c(cc1OC)CN(C(=O)[C@@H]1Cc3cc([N+](=O)[O-])ccc3N3C[C@@H]4C[C@@H](Cn5c4cccc5=O)[C@@H]13)CC2. The second-order valence-electron chi connectivity index (χ2n) is 11.6. The van der Waals surface area contributed by atoms with Crippen LogP contribution in [-0.4, -0.2) is 53.6 Å². The van der Waals surface area contributed by atoms with Gasteiger partial charge in [-0.05, 0) is 66.1 Å². The molecule has 7 rings (SSSR count). The molecule has 1 saturated heterocycles. The van der Waals surface area contributed by atoms with Gasteiger partial charge >= 0.3 is 0 Å². The fraction of sp³-hybridized carbons (Fsp3) is 0.419. The maximum absolute atomic E-state index is 14.4. The van der Waals surface area contributed by atoms with Gasteiger partial charge in [-0.25, -0.2) is 0 Å². The molecule has 0 saturated carbocycles. The molecule has 41 heavy (non-hydrogen) atoms. The number of non-ortho nitro benzene ring substituents is 1. The van der Waals surface area contributed by atoms with E-state index in [1.807, 2.05) is 39.8 Å². The number of fused-ring (bicyclic) bond motifs is 9. The molecular weight excluding hydrogens is 524 g/mol. The highest BCUT2D eigenvalue weighted by Gasteiger charge is 2.50. The van der Waals surface area contributed by atoms with E-state index in [0.29, 0.717) is 50.5 Å². The monoisotopic (exact) mass is 556 g/mol. The van der Waals surface area contributed by atoms with Crippen LogP contribution >= 0.6 is 0 Å². The molecule has 2 bridgehead atoms. The third-order valence-electron chi connectivity index (χ3n) is 9.55. The summed E-state index contributed by atoms with van der Waals surface area (Å²) in [6.07, 6.45) is 2.05. The van der Waals surface area contributed by atoms with Gasteiger partial charge in [-0.3, -0.25) is 19.7 Å². The van der Waals surface area contributed by atoms with Crippen LogP contribution in [0.4, 0.5) is 11.4 Å². The van der Waals surface area contributed by atoms with E-state index < -0.39 is 0 Å². The van der Waals surface area contributed by atoms with Crippen molar-refractivity contribution in [3.63, 3.8) is 0 Å². The number of piperidine rings is 1. The molecule has 5 heterocycles. The lowest BCUT2D eigenvalue weighted by molar-refractivity contribution is -0.384. The molecule has 3 aromatic rings.